The van der Waals surface area contributed by atoms with Gasteiger partial charge in [-0.2, -0.15) is 11.8 Å². The molecule has 2 heterocycles. The Hall–Kier alpha value is -2.61. The lowest BCUT2D eigenvalue weighted by atomic mass is 10.2. The molecular formula is C16H15N3O4S. The van der Waals surface area contributed by atoms with Crippen LogP contribution in [0.15, 0.2) is 42.6 Å². The van der Waals surface area contributed by atoms with E-state index < -0.39 is 10.8 Å². The van der Waals surface area contributed by atoms with Crippen molar-refractivity contribution in [2.75, 3.05) is 16.8 Å². The summed E-state index contributed by atoms with van der Waals surface area (Å²) in [5.41, 5.74) is 0.232. The third kappa shape index (κ3) is 3.65. The van der Waals surface area contributed by atoms with Crippen molar-refractivity contribution in [1.29, 1.82) is 0 Å². The van der Waals surface area contributed by atoms with Gasteiger partial charge in [-0.3, -0.25) is 14.9 Å². The lowest BCUT2D eigenvalue weighted by molar-refractivity contribution is -0.383. The number of nitro groups is 1. The van der Waals surface area contributed by atoms with E-state index in [1.165, 1.54) is 12.1 Å². The fraction of sp³-hybridized carbons (Fsp3) is 0.250. The minimum Gasteiger partial charge on any atom is -0.473 e. The molecule has 1 aromatic heterocycles. The zero-order valence-electron chi connectivity index (χ0n) is 12.7. The van der Waals surface area contributed by atoms with Crippen molar-refractivity contribution in [2.24, 2.45) is 0 Å². The largest absolute Gasteiger partial charge is 0.473 e. The molecule has 1 aliphatic rings. The van der Waals surface area contributed by atoms with E-state index in [0.29, 0.717) is 0 Å². The molecule has 0 saturated carbocycles. The molecule has 1 saturated heterocycles. The Morgan fingerprint density at radius 2 is 2.17 bits per heavy atom. The molecule has 1 atom stereocenters. The average Bonchev–Trinajstić information content (AvgIpc) is 3.08. The smallest absolute Gasteiger partial charge is 0.292 e. The minimum absolute atomic E-state index is 0.0301. The number of rotatable bonds is 5. The summed E-state index contributed by atoms with van der Waals surface area (Å²) in [7, 11) is 0. The van der Waals surface area contributed by atoms with Gasteiger partial charge in [0.15, 0.2) is 0 Å². The zero-order valence-corrected chi connectivity index (χ0v) is 13.5. The number of nitro benzene ring substituents is 1. The van der Waals surface area contributed by atoms with Crippen LogP contribution < -0.4 is 10.1 Å². The van der Waals surface area contributed by atoms with E-state index >= 15 is 0 Å². The van der Waals surface area contributed by atoms with Crippen LogP contribution in [0.4, 0.5) is 11.4 Å². The van der Waals surface area contributed by atoms with Gasteiger partial charge in [0.25, 0.3) is 11.6 Å². The van der Waals surface area contributed by atoms with Gasteiger partial charge in [-0.15, -0.1) is 0 Å². The molecule has 1 aliphatic heterocycles. The highest BCUT2D eigenvalue weighted by atomic mass is 32.2. The van der Waals surface area contributed by atoms with Crippen molar-refractivity contribution in [2.45, 2.75) is 12.5 Å². The monoisotopic (exact) mass is 345 g/mol. The van der Waals surface area contributed by atoms with Crippen LogP contribution in [-0.4, -0.2) is 33.4 Å². The second-order valence-electron chi connectivity index (χ2n) is 5.19. The number of anilines is 1. The predicted octanol–water partition coefficient (Wildman–Crippen LogP) is 3.13. The number of amides is 1. The zero-order chi connectivity index (χ0) is 16.9. The van der Waals surface area contributed by atoms with Crippen molar-refractivity contribution >= 4 is 29.0 Å². The highest BCUT2D eigenvalue weighted by molar-refractivity contribution is 7.99. The standard InChI is InChI=1S/C16H15N3O4S/c20-15(18-13-5-1-2-6-14(13)19(21)22)12-4-3-8-17-16(12)23-11-7-9-24-10-11/h1-6,8,11H,7,9-10H2,(H,18,20). The molecule has 1 aromatic carbocycles. The van der Waals surface area contributed by atoms with Crippen molar-refractivity contribution in [3.63, 3.8) is 0 Å². The molecule has 2 aromatic rings. The number of carbonyl (C=O) groups is 1. The van der Waals surface area contributed by atoms with Crippen LogP contribution >= 0.6 is 11.8 Å². The van der Waals surface area contributed by atoms with Crippen LogP contribution in [-0.2, 0) is 0 Å². The van der Waals surface area contributed by atoms with E-state index in [0.717, 1.165) is 17.9 Å². The fourth-order valence-corrected chi connectivity index (χ4v) is 3.44. The second-order valence-corrected chi connectivity index (χ2v) is 6.34. The Kier molecular flexibility index (Phi) is 4.95. The number of hydrogen-bond donors (Lipinski definition) is 1. The molecule has 124 valence electrons. The molecule has 8 heteroatoms. The molecule has 24 heavy (non-hydrogen) atoms. The van der Waals surface area contributed by atoms with E-state index in [1.54, 1.807) is 42.2 Å². The predicted molar refractivity (Wildman–Crippen MR) is 91.6 cm³/mol. The van der Waals surface area contributed by atoms with Crippen LogP contribution in [0.2, 0.25) is 0 Å². The number of para-hydroxylation sites is 2. The first-order valence-corrected chi connectivity index (χ1v) is 8.55. The first kappa shape index (κ1) is 16.3. The fourth-order valence-electron chi connectivity index (χ4n) is 2.35. The third-order valence-electron chi connectivity index (χ3n) is 3.53. The van der Waals surface area contributed by atoms with Crippen LogP contribution in [0.5, 0.6) is 5.88 Å². The molecule has 1 amide bonds. The topological polar surface area (TPSA) is 94.4 Å². The molecule has 7 nitrogen and oxygen atoms in total. The van der Waals surface area contributed by atoms with E-state index in [9.17, 15) is 14.9 Å². The van der Waals surface area contributed by atoms with E-state index in [4.69, 9.17) is 4.74 Å². The van der Waals surface area contributed by atoms with Gasteiger partial charge in [-0.25, -0.2) is 4.98 Å². The Labute approximate surface area is 142 Å². The first-order chi connectivity index (χ1) is 11.6. The Morgan fingerprint density at radius 1 is 1.33 bits per heavy atom. The van der Waals surface area contributed by atoms with Crippen LogP contribution in [0, 0.1) is 10.1 Å². The molecular weight excluding hydrogens is 330 g/mol. The lowest BCUT2D eigenvalue weighted by Gasteiger charge is -2.14. The van der Waals surface area contributed by atoms with Gasteiger partial charge in [0, 0.05) is 18.0 Å². The Balaban J connectivity index is 1.82. The second kappa shape index (κ2) is 7.31. The molecule has 1 N–H and O–H groups in total. The number of nitrogens with one attached hydrogen (secondary N) is 1. The number of pyridine rings is 1. The molecule has 1 unspecified atom stereocenters. The summed E-state index contributed by atoms with van der Waals surface area (Å²) in [6.07, 6.45) is 2.49. The molecule has 3 rings (SSSR count). The van der Waals surface area contributed by atoms with E-state index in [-0.39, 0.29) is 28.9 Å². The molecule has 0 bridgehead atoms. The normalized spacial score (nSPS) is 16.6. The van der Waals surface area contributed by atoms with Gasteiger partial charge in [0.05, 0.1) is 4.92 Å². The van der Waals surface area contributed by atoms with Crippen LogP contribution in [0.25, 0.3) is 0 Å². The van der Waals surface area contributed by atoms with Gasteiger partial charge < -0.3 is 10.1 Å². The third-order valence-corrected chi connectivity index (χ3v) is 4.66. The molecule has 0 radical (unpaired) electrons. The Morgan fingerprint density at radius 3 is 2.92 bits per heavy atom. The van der Waals surface area contributed by atoms with Crippen LogP contribution in [0.3, 0.4) is 0 Å². The van der Waals surface area contributed by atoms with Gasteiger partial charge >= 0.3 is 0 Å². The number of ether oxygens (including phenoxy) is 1. The summed E-state index contributed by atoms with van der Waals surface area (Å²) in [5, 5.41) is 13.6. The number of hydrogen-bond acceptors (Lipinski definition) is 6. The highest BCUT2D eigenvalue weighted by Gasteiger charge is 2.22. The summed E-state index contributed by atoms with van der Waals surface area (Å²) in [6.45, 7) is 0. The molecule has 0 spiro atoms. The summed E-state index contributed by atoms with van der Waals surface area (Å²) in [5.74, 6) is 1.65. The maximum Gasteiger partial charge on any atom is 0.292 e. The highest BCUT2D eigenvalue weighted by Crippen LogP contribution is 2.27. The number of benzene rings is 1. The van der Waals surface area contributed by atoms with Gasteiger partial charge in [-0.1, -0.05) is 12.1 Å². The van der Waals surface area contributed by atoms with Crippen molar-refractivity contribution in [1.82, 2.24) is 4.98 Å². The molecule has 1 fully saturated rings. The summed E-state index contributed by atoms with van der Waals surface area (Å²) >= 11 is 1.80. The van der Waals surface area contributed by atoms with Crippen molar-refractivity contribution < 1.29 is 14.5 Å². The summed E-state index contributed by atoms with van der Waals surface area (Å²) in [6, 6.07) is 9.22. The first-order valence-electron chi connectivity index (χ1n) is 7.39. The van der Waals surface area contributed by atoms with E-state index in [1.807, 2.05) is 0 Å². The van der Waals surface area contributed by atoms with Crippen molar-refractivity contribution in [3.8, 4) is 5.88 Å². The number of nitrogens with zero attached hydrogens (tertiary/aromatic N) is 2. The Bertz CT molecular complexity index is 762. The number of thioether (sulfide) groups is 1. The average molecular weight is 345 g/mol. The lowest BCUT2D eigenvalue weighted by Crippen LogP contribution is -2.20. The maximum absolute atomic E-state index is 12.5. The quantitative estimate of drug-likeness (QED) is 0.661. The number of aromatic nitrogens is 1. The van der Waals surface area contributed by atoms with Gasteiger partial charge in [0.2, 0.25) is 5.88 Å². The van der Waals surface area contributed by atoms with Crippen LogP contribution in [0.1, 0.15) is 16.8 Å². The minimum atomic E-state index is -0.536. The molecule has 0 aliphatic carbocycles. The van der Waals surface area contributed by atoms with E-state index in [2.05, 4.69) is 10.3 Å². The van der Waals surface area contributed by atoms with Crippen molar-refractivity contribution in [3.05, 3.63) is 58.3 Å². The summed E-state index contributed by atoms with van der Waals surface area (Å²) < 4.78 is 5.82. The number of carbonyl (C=O) groups excluding carboxylic acids is 1. The maximum atomic E-state index is 12.5. The summed E-state index contributed by atoms with van der Waals surface area (Å²) in [4.78, 5) is 27.2. The van der Waals surface area contributed by atoms with Gasteiger partial charge in [-0.05, 0) is 30.4 Å². The van der Waals surface area contributed by atoms with Gasteiger partial charge in [0.1, 0.15) is 17.4 Å². The SMILES string of the molecule is O=C(Nc1ccccc1[N+](=O)[O-])c1cccnc1OC1CCSC1.